The Hall–Kier alpha value is -1.01. The lowest BCUT2D eigenvalue weighted by Crippen LogP contribution is -2.40. The van der Waals surface area contributed by atoms with Gasteiger partial charge < -0.3 is 18.9 Å². The predicted molar refractivity (Wildman–Crippen MR) is 65.7 cm³/mol. The predicted octanol–water partition coefficient (Wildman–Crippen LogP) is 1.43. The molecule has 0 saturated heterocycles. The number of pyridine rings is 1. The average molecular weight is 256 g/mol. The minimum atomic E-state index is -0.835. The number of hydrogen-bond donors (Lipinski definition) is 0. The lowest BCUT2D eigenvalue weighted by atomic mass is 10.1. The van der Waals surface area contributed by atoms with Crippen molar-refractivity contribution in [2.45, 2.75) is 25.4 Å². The van der Waals surface area contributed by atoms with Crippen LogP contribution in [0.1, 0.15) is 25.2 Å². The summed E-state index contributed by atoms with van der Waals surface area (Å²) < 4.78 is 21.5. The molecular formula is C13H22NO4+. The summed E-state index contributed by atoms with van der Waals surface area (Å²) in [5.74, 6) is -1.67. The Morgan fingerprint density at radius 3 is 1.39 bits per heavy atom. The lowest BCUT2D eigenvalue weighted by Gasteiger charge is -2.25. The maximum atomic E-state index is 5.37. The molecule has 0 aromatic carbocycles. The first-order chi connectivity index (χ1) is 8.45. The van der Waals surface area contributed by atoms with E-state index in [9.17, 15) is 0 Å². The highest BCUT2D eigenvalue weighted by Crippen LogP contribution is 2.25. The lowest BCUT2D eigenvalue weighted by molar-refractivity contribution is -0.465. The summed E-state index contributed by atoms with van der Waals surface area (Å²) in [6.45, 7) is 3.67. The molecule has 1 aromatic heterocycles. The molecule has 0 fully saturated rings. The van der Waals surface area contributed by atoms with Crippen LogP contribution in [0.15, 0.2) is 18.2 Å². The average Bonchev–Trinajstić information content (AvgIpc) is 2.45. The van der Waals surface area contributed by atoms with Gasteiger partial charge in [-0.3, -0.25) is 0 Å². The molecule has 5 nitrogen and oxygen atoms in total. The fraction of sp³-hybridized carbons (Fsp3) is 0.615. The normalized spacial score (nSPS) is 12.8. The molecule has 1 rings (SSSR count). The zero-order chi connectivity index (χ0) is 13.8. The maximum Gasteiger partial charge on any atom is 0.252 e. The molecule has 5 heteroatoms. The van der Waals surface area contributed by atoms with Crippen LogP contribution in [-0.2, 0) is 30.5 Å². The summed E-state index contributed by atoms with van der Waals surface area (Å²) in [7, 11) is 6.37. The molecular weight excluding hydrogens is 234 g/mol. The van der Waals surface area contributed by atoms with E-state index in [4.69, 9.17) is 18.9 Å². The Morgan fingerprint density at radius 1 is 0.778 bits per heavy atom. The van der Waals surface area contributed by atoms with Gasteiger partial charge >= 0.3 is 0 Å². The number of hydrogen-bond acceptors (Lipinski definition) is 4. The number of aromatic nitrogens is 1. The van der Waals surface area contributed by atoms with Crippen LogP contribution in [0.25, 0.3) is 0 Å². The fourth-order valence-electron chi connectivity index (χ4n) is 1.61. The summed E-state index contributed by atoms with van der Waals surface area (Å²) >= 11 is 0. The third kappa shape index (κ3) is 2.70. The molecule has 0 spiro atoms. The minimum absolute atomic E-state index is 0.783. The molecule has 18 heavy (non-hydrogen) atoms. The number of nitrogens with one attached hydrogen (secondary N) is 1. The van der Waals surface area contributed by atoms with Gasteiger partial charge in [0.25, 0.3) is 11.6 Å². The van der Waals surface area contributed by atoms with Gasteiger partial charge in [0.15, 0.2) is 0 Å². The zero-order valence-electron chi connectivity index (χ0n) is 11.9. The van der Waals surface area contributed by atoms with Gasteiger partial charge in [-0.05, 0) is 6.07 Å². The molecule has 0 amide bonds. The van der Waals surface area contributed by atoms with E-state index >= 15 is 0 Å². The molecule has 1 N–H and O–H groups in total. The summed E-state index contributed by atoms with van der Waals surface area (Å²) in [5, 5.41) is 0. The van der Waals surface area contributed by atoms with Crippen LogP contribution in [0.2, 0.25) is 0 Å². The van der Waals surface area contributed by atoms with E-state index in [0.717, 1.165) is 11.4 Å². The third-order valence-electron chi connectivity index (χ3n) is 3.33. The monoisotopic (exact) mass is 256 g/mol. The molecule has 0 aliphatic rings. The van der Waals surface area contributed by atoms with Crippen molar-refractivity contribution < 1.29 is 23.9 Å². The van der Waals surface area contributed by atoms with Crippen molar-refractivity contribution in [3.05, 3.63) is 29.6 Å². The second-order valence-corrected chi connectivity index (χ2v) is 4.19. The van der Waals surface area contributed by atoms with E-state index in [1.54, 1.807) is 28.4 Å². The third-order valence-corrected chi connectivity index (χ3v) is 3.33. The molecule has 0 unspecified atom stereocenters. The number of methoxy groups -OCH3 is 4. The summed E-state index contributed by atoms with van der Waals surface area (Å²) in [6, 6.07) is 5.68. The summed E-state index contributed by atoms with van der Waals surface area (Å²) in [6.07, 6.45) is 0. The van der Waals surface area contributed by atoms with Gasteiger partial charge in [-0.1, -0.05) is 0 Å². The molecule has 0 aliphatic carbocycles. The van der Waals surface area contributed by atoms with Gasteiger partial charge in [-0.2, -0.15) is 0 Å². The first kappa shape index (κ1) is 15.0. The first-order valence-corrected chi connectivity index (χ1v) is 5.69. The molecule has 0 radical (unpaired) electrons. The van der Waals surface area contributed by atoms with Crippen LogP contribution >= 0.6 is 0 Å². The zero-order valence-corrected chi connectivity index (χ0v) is 11.9. The highest BCUT2D eigenvalue weighted by Gasteiger charge is 2.37. The van der Waals surface area contributed by atoms with Gasteiger partial charge in [0.05, 0.1) is 0 Å². The quantitative estimate of drug-likeness (QED) is 0.723. The van der Waals surface area contributed by atoms with E-state index in [-0.39, 0.29) is 0 Å². The molecule has 1 heterocycles. The molecule has 0 aliphatic heterocycles. The molecule has 0 bridgehead atoms. The van der Waals surface area contributed by atoms with E-state index in [1.807, 2.05) is 32.0 Å². The largest absolute Gasteiger partial charge is 0.345 e. The Kier molecular flexibility index (Phi) is 4.81. The van der Waals surface area contributed by atoms with Crippen LogP contribution in [0.5, 0.6) is 0 Å². The Bertz CT molecular complexity index is 353. The van der Waals surface area contributed by atoms with Crippen molar-refractivity contribution in [1.29, 1.82) is 0 Å². The van der Waals surface area contributed by atoms with Crippen LogP contribution in [0, 0.1) is 0 Å². The molecule has 0 saturated carbocycles. The summed E-state index contributed by atoms with van der Waals surface area (Å²) in [5.41, 5.74) is 1.57. The standard InChI is InChI=1S/C13H21NO4/c1-12(15-3,16-4)10-8-7-9-11(14-10)13(2,17-5)18-6/h7-9H,1-6H3/p+1. The number of rotatable bonds is 6. The van der Waals surface area contributed by atoms with Crippen molar-refractivity contribution in [3.8, 4) is 0 Å². The van der Waals surface area contributed by atoms with Gasteiger partial charge in [0.1, 0.15) is 0 Å². The van der Waals surface area contributed by atoms with Crippen LogP contribution in [0.4, 0.5) is 0 Å². The van der Waals surface area contributed by atoms with Crippen molar-refractivity contribution >= 4 is 0 Å². The van der Waals surface area contributed by atoms with Gasteiger partial charge in [-0.15, -0.1) is 0 Å². The van der Waals surface area contributed by atoms with Crippen LogP contribution in [0.3, 0.4) is 0 Å². The van der Waals surface area contributed by atoms with Crippen molar-refractivity contribution in [2.24, 2.45) is 0 Å². The molecule has 102 valence electrons. The van der Waals surface area contributed by atoms with Crippen LogP contribution < -0.4 is 4.98 Å². The highest BCUT2D eigenvalue weighted by molar-refractivity contribution is 5.10. The SMILES string of the molecule is COC(C)(OC)c1cccc(C(C)(OC)OC)[nH+]1. The van der Waals surface area contributed by atoms with Gasteiger partial charge in [-0.25, -0.2) is 4.98 Å². The van der Waals surface area contributed by atoms with E-state index in [2.05, 4.69) is 4.98 Å². The highest BCUT2D eigenvalue weighted by atomic mass is 16.7. The molecule has 0 atom stereocenters. The van der Waals surface area contributed by atoms with Gasteiger partial charge in [0, 0.05) is 54.4 Å². The Morgan fingerprint density at radius 2 is 1.11 bits per heavy atom. The maximum absolute atomic E-state index is 5.37. The number of ether oxygens (including phenoxy) is 4. The smallest absolute Gasteiger partial charge is 0.252 e. The molecule has 1 aromatic rings. The number of H-pyrrole nitrogens is 1. The first-order valence-electron chi connectivity index (χ1n) is 5.69. The van der Waals surface area contributed by atoms with Gasteiger partial charge in [0.2, 0.25) is 11.4 Å². The minimum Gasteiger partial charge on any atom is -0.345 e. The van der Waals surface area contributed by atoms with E-state index < -0.39 is 11.6 Å². The van der Waals surface area contributed by atoms with E-state index in [1.165, 1.54) is 0 Å². The van der Waals surface area contributed by atoms with Crippen LogP contribution in [-0.4, -0.2) is 28.4 Å². The van der Waals surface area contributed by atoms with Crippen molar-refractivity contribution in [2.75, 3.05) is 28.4 Å². The summed E-state index contributed by atoms with van der Waals surface area (Å²) in [4.78, 5) is 3.23. The van der Waals surface area contributed by atoms with Crippen molar-refractivity contribution in [1.82, 2.24) is 0 Å². The Balaban J connectivity index is 3.21. The van der Waals surface area contributed by atoms with E-state index in [0.29, 0.717) is 0 Å². The second kappa shape index (κ2) is 5.75. The fourth-order valence-corrected chi connectivity index (χ4v) is 1.61. The Labute approximate surface area is 108 Å². The topological polar surface area (TPSA) is 51.1 Å². The number of aromatic amines is 1. The van der Waals surface area contributed by atoms with Crippen molar-refractivity contribution in [3.63, 3.8) is 0 Å². The second-order valence-electron chi connectivity index (χ2n) is 4.19.